The van der Waals surface area contributed by atoms with Crippen molar-refractivity contribution in [3.8, 4) is 0 Å². The van der Waals surface area contributed by atoms with Crippen molar-refractivity contribution in [3.63, 3.8) is 0 Å². The molecule has 9 heteroatoms. The molecule has 1 spiro atoms. The summed E-state index contributed by atoms with van der Waals surface area (Å²) in [6.07, 6.45) is 6.78. The lowest BCUT2D eigenvalue weighted by Gasteiger charge is -2.47. The maximum Gasteiger partial charge on any atom is 0.328 e. The smallest absolute Gasteiger partial charge is 0.328 e. The number of urea groups is 1. The van der Waals surface area contributed by atoms with E-state index in [1.165, 1.54) is 12.8 Å². The monoisotopic (exact) mass is 452 g/mol. The molecule has 4 saturated heterocycles. The Morgan fingerprint density at radius 3 is 2.67 bits per heavy atom. The zero-order valence-corrected chi connectivity index (χ0v) is 19.0. The number of imide groups is 1. The number of carbonyl (C=O) groups excluding carboxylic acids is 2. The van der Waals surface area contributed by atoms with Gasteiger partial charge in [0.05, 0.1) is 35.7 Å². The number of rotatable bonds is 4. The average Bonchev–Trinajstić information content (AvgIpc) is 3.24. The van der Waals surface area contributed by atoms with E-state index in [1.54, 1.807) is 4.90 Å². The van der Waals surface area contributed by atoms with Crippen LogP contribution in [0, 0.1) is 5.92 Å². The summed E-state index contributed by atoms with van der Waals surface area (Å²) in [6.45, 7) is 6.61. The van der Waals surface area contributed by atoms with Crippen LogP contribution in [-0.4, -0.2) is 78.1 Å². The molecule has 1 aromatic carbocycles. The van der Waals surface area contributed by atoms with Crippen LogP contribution in [0.3, 0.4) is 0 Å². The number of piperidine rings is 1. The molecule has 6 rings (SSSR count). The van der Waals surface area contributed by atoms with Crippen LogP contribution in [0.4, 0.5) is 10.5 Å². The van der Waals surface area contributed by atoms with Crippen molar-refractivity contribution in [1.82, 2.24) is 25.3 Å². The maximum atomic E-state index is 12.4. The molecule has 5 heterocycles. The van der Waals surface area contributed by atoms with E-state index in [0.29, 0.717) is 24.9 Å². The SMILES string of the molecule is O=C1CCN(c2cccc3c2cnn3C2CCN(CC3CCC4(CNC4)OC3)CC2)C(=O)N1. The molecule has 0 saturated carbocycles. The molecule has 4 aliphatic heterocycles. The lowest BCUT2D eigenvalue weighted by molar-refractivity contribution is -0.132. The average molecular weight is 453 g/mol. The van der Waals surface area contributed by atoms with Gasteiger partial charge in [-0.2, -0.15) is 5.10 Å². The Hall–Kier alpha value is -2.49. The van der Waals surface area contributed by atoms with E-state index < -0.39 is 0 Å². The van der Waals surface area contributed by atoms with Crippen LogP contribution in [0.1, 0.15) is 38.1 Å². The number of anilines is 1. The summed E-state index contributed by atoms with van der Waals surface area (Å²) in [5, 5.41) is 11.5. The summed E-state index contributed by atoms with van der Waals surface area (Å²) in [4.78, 5) is 28.1. The Labute approximate surface area is 193 Å². The van der Waals surface area contributed by atoms with Gasteiger partial charge in [-0.3, -0.25) is 19.7 Å². The quantitative estimate of drug-likeness (QED) is 0.736. The Morgan fingerprint density at radius 2 is 1.97 bits per heavy atom. The zero-order chi connectivity index (χ0) is 22.4. The summed E-state index contributed by atoms with van der Waals surface area (Å²) in [7, 11) is 0. The molecule has 1 aromatic heterocycles. The number of fused-ring (bicyclic) bond motifs is 1. The van der Waals surface area contributed by atoms with Gasteiger partial charge in [-0.25, -0.2) is 4.79 Å². The van der Waals surface area contributed by atoms with E-state index in [-0.39, 0.29) is 17.5 Å². The summed E-state index contributed by atoms with van der Waals surface area (Å²) in [5.41, 5.74) is 2.02. The summed E-state index contributed by atoms with van der Waals surface area (Å²) < 4.78 is 8.34. The van der Waals surface area contributed by atoms with Crippen LogP contribution in [0.5, 0.6) is 0 Å². The third-order valence-corrected chi connectivity index (χ3v) is 7.91. The molecule has 2 aromatic rings. The molecule has 1 unspecified atom stereocenters. The van der Waals surface area contributed by atoms with E-state index in [2.05, 4.69) is 26.3 Å². The third-order valence-electron chi connectivity index (χ3n) is 7.91. The summed E-state index contributed by atoms with van der Waals surface area (Å²) in [5.74, 6) is 0.425. The fourth-order valence-corrected chi connectivity index (χ4v) is 5.83. The molecule has 1 atom stereocenters. The Bertz CT molecular complexity index is 1050. The van der Waals surface area contributed by atoms with Crippen LogP contribution < -0.4 is 15.5 Å². The minimum Gasteiger partial charge on any atom is -0.372 e. The molecule has 4 fully saturated rings. The highest BCUT2D eigenvalue weighted by atomic mass is 16.5. The van der Waals surface area contributed by atoms with E-state index in [4.69, 9.17) is 9.84 Å². The number of amides is 3. The standard InChI is InChI=1S/C24H32N6O3/c31-22-7-11-29(23(32)27-22)20-2-1-3-21-19(20)12-26-30(21)18-5-9-28(10-6-18)13-17-4-8-24(33-14-17)15-25-16-24/h1-3,12,17-18,25H,4-11,13-16H2,(H,27,31,32). The second-order valence-electron chi connectivity index (χ2n) is 10.1. The van der Waals surface area contributed by atoms with E-state index in [1.807, 2.05) is 18.3 Å². The van der Waals surface area contributed by atoms with Crippen LogP contribution in [0.15, 0.2) is 24.4 Å². The predicted octanol–water partition coefficient (Wildman–Crippen LogP) is 1.89. The molecule has 0 aliphatic carbocycles. The number of aromatic nitrogens is 2. The molecule has 0 radical (unpaired) electrons. The van der Waals surface area contributed by atoms with Gasteiger partial charge in [-0.1, -0.05) is 6.07 Å². The third kappa shape index (κ3) is 3.92. The molecule has 0 bridgehead atoms. The van der Waals surface area contributed by atoms with Crippen LogP contribution in [-0.2, 0) is 9.53 Å². The van der Waals surface area contributed by atoms with Gasteiger partial charge < -0.3 is 15.0 Å². The highest BCUT2D eigenvalue weighted by Crippen LogP contribution is 2.34. The van der Waals surface area contributed by atoms with Gasteiger partial charge in [0.25, 0.3) is 0 Å². The van der Waals surface area contributed by atoms with Crippen molar-refractivity contribution in [3.05, 3.63) is 24.4 Å². The number of hydrogen-bond donors (Lipinski definition) is 2. The van der Waals surface area contributed by atoms with Gasteiger partial charge >= 0.3 is 6.03 Å². The lowest BCUT2D eigenvalue weighted by Crippen LogP contribution is -2.63. The fraction of sp³-hybridized carbons (Fsp3) is 0.625. The molecular weight excluding hydrogens is 420 g/mol. The number of nitrogens with one attached hydrogen (secondary N) is 2. The van der Waals surface area contributed by atoms with Crippen LogP contribution in [0.25, 0.3) is 10.9 Å². The first-order valence-electron chi connectivity index (χ1n) is 12.2. The number of likely N-dealkylation sites (tertiary alicyclic amines) is 1. The van der Waals surface area contributed by atoms with E-state index in [9.17, 15) is 9.59 Å². The first kappa shape index (κ1) is 21.1. The second-order valence-corrected chi connectivity index (χ2v) is 10.1. The molecule has 176 valence electrons. The van der Waals surface area contributed by atoms with Crippen molar-refractivity contribution >= 4 is 28.5 Å². The number of ether oxygens (including phenoxy) is 1. The first-order valence-corrected chi connectivity index (χ1v) is 12.2. The van der Waals surface area contributed by atoms with E-state index >= 15 is 0 Å². The largest absolute Gasteiger partial charge is 0.372 e. The van der Waals surface area contributed by atoms with Gasteiger partial charge in [-0.05, 0) is 43.7 Å². The Balaban J connectivity index is 1.10. The van der Waals surface area contributed by atoms with Crippen molar-refractivity contribution < 1.29 is 14.3 Å². The van der Waals surface area contributed by atoms with Crippen LogP contribution >= 0.6 is 0 Å². The van der Waals surface area contributed by atoms with Crippen molar-refractivity contribution in [2.24, 2.45) is 5.92 Å². The predicted molar refractivity (Wildman–Crippen MR) is 124 cm³/mol. The van der Waals surface area contributed by atoms with Gasteiger partial charge in [0, 0.05) is 51.1 Å². The zero-order valence-electron chi connectivity index (χ0n) is 19.0. The lowest BCUT2D eigenvalue weighted by atomic mass is 9.84. The normalized spacial score (nSPS) is 26.5. The minimum absolute atomic E-state index is 0.147. The molecule has 33 heavy (non-hydrogen) atoms. The molecule has 2 N–H and O–H groups in total. The summed E-state index contributed by atoms with van der Waals surface area (Å²) in [6, 6.07) is 5.99. The number of nitrogens with zero attached hydrogens (tertiary/aromatic N) is 4. The molecule has 4 aliphatic rings. The van der Waals surface area contributed by atoms with Gasteiger partial charge in [0.2, 0.25) is 5.91 Å². The van der Waals surface area contributed by atoms with Crippen molar-refractivity contribution in [2.45, 2.75) is 43.7 Å². The summed E-state index contributed by atoms with van der Waals surface area (Å²) >= 11 is 0. The highest BCUT2D eigenvalue weighted by molar-refractivity contribution is 6.09. The van der Waals surface area contributed by atoms with Crippen LogP contribution in [0.2, 0.25) is 0 Å². The molecule has 9 nitrogen and oxygen atoms in total. The molecular formula is C24H32N6O3. The number of hydrogen-bond acceptors (Lipinski definition) is 6. The highest BCUT2D eigenvalue weighted by Gasteiger charge is 2.41. The first-order chi connectivity index (χ1) is 16.1. The van der Waals surface area contributed by atoms with E-state index in [0.717, 1.165) is 68.8 Å². The van der Waals surface area contributed by atoms with Crippen molar-refractivity contribution in [2.75, 3.05) is 50.8 Å². The minimum atomic E-state index is -0.356. The van der Waals surface area contributed by atoms with Crippen molar-refractivity contribution in [1.29, 1.82) is 0 Å². The Morgan fingerprint density at radius 1 is 1.12 bits per heavy atom. The molecule has 3 amide bonds. The van der Waals surface area contributed by atoms with Gasteiger partial charge in [0.1, 0.15) is 0 Å². The second kappa shape index (κ2) is 8.38. The number of carbonyl (C=O) groups is 2. The number of benzene rings is 1. The Kier molecular flexibility index (Phi) is 5.35. The topological polar surface area (TPSA) is 91.7 Å². The van der Waals surface area contributed by atoms with Gasteiger partial charge in [-0.15, -0.1) is 0 Å². The van der Waals surface area contributed by atoms with Gasteiger partial charge in [0.15, 0.2) is 0 Å². The fourth-order valence-electron chi connectivity index (χ4n) is 5.83. The maximum absolute atomic E-state index is 12.4.